The van der Waals surface area contributed by atoms with Gasteiger partial charge in [0, 0.05) is 36.3 Å². The molecule has 9 nitrogen and oxygen atoms in total. The number of thiazole rings is 1. The lowest BCUT2D eigenvalue weighted by atomic mass is 10.2. The lowest BCUT2D eigenvalue weighted by Crippen LogP contribution is -2.28. The standard InChI is InChI=1S/C28H31N3O6S2/c1-20-6-10-24(11-7-20)39(33,34)35-19-22(18-32)36-21-8-12-25-26(16-21)37-27(30-25)13-9-23-17-29-28(38-23)31-14-4-2-3-5-15-31/h6-13,16-17,22,32H,2-5,14-15,18-19H2,1H3/b13-9+. The Morgan fingerprint density at radius 2 is 1.87 bits per heavy atom. The Kier molecular flexibility index (Phi) is 8.61. The molecule has 1 atom stereocenters. The highest BCUT2D eigenvalue weighted by Gasteiger charge is 2.20. The van der Waals surface area contributed by atoms with Gasteiger partial charge in [-0.15, -0.1) is 0 Å². The molecular formula is C28H31N3O6S2. The molecule has 1 aliphatic rings. The molecule has 39 heavy (non-hydrogen) atoms. The first-order chi connectivity index (χ1) is 18.9. The molecule has 0 saturated carbocycles. The van der Waals surface area contributed by atoms with Crippen LogP contribution in [0, 0.1) is 6.92 Å². The third-order valence-electron chi connectivity index (χ3n) is 6.38. The van der Waals surface area contributed by atoms with Crippen molar-refractivity contribution in [2.45, 2.75) is 43.6 Å². The van der Waals surface area contributed by atoms with E-state index in [0.717, 1.165) is 28.7 Å². The number of nitrogens with zero attached hydrogens (tertiary/aromatic N) is 3. The van der Waals surface area contributed by atoms with Gasteiger partial charge in [0.15, 0.2) is 10.7 Å². The fraction of sp³-hybridized carbons (Fsp3) is 0.357. The van der Waals surface area contributed by atoms with E-state index in [1.807, 2.05) is 19.2 Å². The van der Waals surface area contributed by atoms with Crippen LogP contribution < -0.4 is 9.64 Å². The van der Waals surface area contributed by atoms with Gasteiger partial charge in [-0.2, -0.15) is 8.42 Å². The van der Waals surface area contributed by atoms with Crippen LogP contribution in [0.3, 0.4) is 0 Å². The van der Waals surface area contributed by atoms with Crippen LogP contribution >= 0.6 is 11.3 Å². The summed E-state index contributed by atoms with van der Waals surface area (Å²) >= 11 is 1.65. The zero-order chi connectivity index (χ0) is 27.2. The Labute approximate surface area is 231 Å². The lowest BCUT2D eigenvalue weighted by Gasteiger charge is -2.18. The van der Waals surface area contributed by atoms with E-state index in [1.54, 1.807) is 47.7 Å². The fourth-order valence-corrected chi connectivity index (χ4v) is 6.04. The molecule has 2 aromatic carbocycles. The highest BCUT2D eigenvalue weighted by atomic mass is 32.2. The predicted molar refractivity (Wildman–Crippen MR) is 152 cm³/mol. The van der Waals surface area contributed by atoms with Crippen LogP contribution in [-0.2, 0) is 14.3 Å². The molecule has 1 unspecified atom stereocenters. The van der Waals surface area contributed by atoms with Crippen LogP contribution in [0.2, 0.25) is 0 Å². The fourth-order valence-electron chi connectivity index (χ4n) is 4.24. The van der Waals surface area contributed by atoms with Crippen molar-refractivity contribution in [2.75, 3.05) is 31.2 Å². The smallest absolute Gasteiger partial charge is 0.297 e. The number of ether oxygens (including phenoxy) is 1. The molecule has 11 heteroatoms. The first-order valence-electron chi connectivity index (χ1n) is 12.9. The number of oxazole rings is 1. The van der Waals surface area contributed by atoms with Gasteiger partial charge in [0.25, 0.3) is 10.1 Å². The van der Waals surface area contributed by atoms with Crippen LogP contribution in [0.15, 0.2) is 58.0 Å². The maximum Gasteiger partial charge on any atom is 0.297 e. The van der Waals surface area contributed by atoms with Gasteiger partial charge >= 0.3 is 0 Å². The van der Waals surface area contributed by atoms with E-state index in [2.05, 4.69) is 14.9 Å². The molecular weight excluding hydrogens is 538 g/mol. The number of aliphatic hydroxyl groups excluding tert-OH is 1. The maximum absolute atomic E-state index is 12.5. The SMILES string of the molecule is Cc1ccc(S(=O)(=O)OCC(CO)Oc2ccc3nc(/C=C/c4cnc(N5CCCCCC5)s4)oc3c2)cc1. The van der Waals surface area contributed by atoms with E-state index in [0.29, 0.717) is 22.7 Å². The number of fused-ring (bicyclic) bond motifs is 1. The Morgan fingerprint density at radius 3 is 2.62 bits per heavy atom. The molecule has 1 aliphatic heterocycles. The number of aromatic nitrogens is 2. The number of aliphatic hydroxyl groups is 1. The largest absolute Gasteiger partial charge is 0.485 e. The number of aryl methyl sites for hydroxylation is 1. The summed E-state index contributed by atoms with van der Waals surface area (Å²) in [5.74, 6) is 0.840. The number of anilines is 1. The van der Waals surface area contributed by atoms with Gasteiger partial charge in [-0.25, -0.2) is 9.97 Å². The molecule has 0 aliphatic carbocycles. The molecule has 1 N–H and O–H groups in total. The van der Waals surface area contributed by atoms with Crippen LogP contribution in [0.1, 0.15) is 42.0 Å². The molecule has 0 bridgehead atoms. The van der Waals surface area contributed by atoms with Gasteiger partial charge in [-0.3, -0.25) is 4.18 Å². The minimum absolute atomic E-state index is 0.0463. The Bertz CT molecular complexity index is 1520. The van der Waals surface area contributed by atoms with Gasteiger partial charge in [-0.05, 0) is 50.1 Å². The number of benzene rings is 2. The van der Waals surface area contributed by atoms with Gasteiger partial charge in [0.1, 0.15) is 24.0 Å². The molecule has 0 spiro atoms. The average molecular weight is 570 g/mol. The maximum atomic E-state index is 12.5. The summed E-state index contributed by atoms with van der Waals surface area (Å²) in [7, 11) is -3.98. The highest BCUT2D eigenvalue weighted by molar-refractivity contribution is 7.86. The van der Waals surface area contributed by atoms with Crippen molar-refractivity contribution in [1.29, 1.82) is 0 Å². The van der Waals surface area contributed by atoms with E-state index in [-0.39, 0.29) is 11.5 Å². The van der Waals surface area contributed by atoms with Crippen molar-refractivity contribution in [3.63, 3.8) is 0 Å². The minimum atomic E-state index is -3.98. The molecule has 0 radical (unpaired) electrons. The van der Waals surface area contributed by atoms with Crippen LogP contribution in [0.5, 0.6) is 5.75 Å². The second-order valence-electron chi connectivity index (χ2n) is 9.44. The van der Waals surface area contributed by atoms with E-state index in [9.17, 15) is 13.5 Å². The molecule has 1 saturated heterocycles. The first kappa shape index (κ1) is 27.3. The molecule has 0 amide bonds. The number of hydrogen-bond donors (Lipinski definition) is 1. The van der Waals surface area contributed by atoms with Crippen molar-refractivity contribution in [1.82, 2.24) is 9.97 Å². The Balaban J connectivity index is 1.21. The monoisotopic (exact) mass is 569 g/mol. The summed E-state index contributed by atoms with van der Waals surface area (Å²) in [5.41, 5.74) is 2.09. The molecule has 206 valence electrons. The molecule has 5 rings (SSSR count). The predicted octanol–water partition coefficient (Wildman–Crippen LogP) is 5.29. The lowest BCUT2D eigenvalue weighted by molar-refractivity contribution is 0.0741. The third kappa shape index (κ3) is 7.04. The van der Waals surface area contributed by atoms with Crippen LogP contribution in [0.25, 0.3) is 23.3 Å². The van der Waals surface area contributed by atoms with E-state index >= 15 is 0 Å². The van der Waals surface area contributed by atoms with Crippen molar-refractivity contribution >= 4 is 49.8 Å². The van der Waals surface area contributed by atoms with Gasteiger partial charge in [-0.1, -0.05) is 41.9 Å². The second-order valence-corrected chi connectivity index (χ2v) is 12.1. The van der Waals surface area contributed by atoms with Crippen molar-refractivity contribution < 1.29 is 26.9 Å². The second kappa shape index (κ2) is 12.3. The first-order valence-corrected chi connectivity index (χ1v) is 15.2. The summed E-state index contributed by atoms with van der Waals surface area (Å²) in [5, 5.41) is 10.8. The number of rotatable bonds is 10. The van der Waals surface area contributed by atoms with E-state index in [4.69, 9.17) is 13.3 Å². The van der Waals surface area contributed by atoms with Gasteiger partial charge in [0.05, 0.1) is 11.5 Å². The Hall–Kier alpha value is -3.25. The normalized spacial score (nSPS) is 15.6. The summed E-state index contributed by atoms with van der Waals surface area (Å²) in [6.07, 6.45) is 9.69. The van der Waals surface area contributed by atoms with Crippen LogP contribution in [0.4, 0.5) is 5.13 Å². The van der Waals surface area contributed by atoms with Gasteiger partial charge < -0.3 is 19.2 Å². The van der Waals surface area contributed by atoms with E-state index in [1.165, 1.54) is 37.8 Å². The molecule has 2 aromatic heterocycles. The van der Waals surface area contributed by atoms with E-state index < -0.39 is 22.8 Å². The van der Waals surface area contributed by atoms with Crippen molar-refractivity contribution in [2.24, 2.45) is 0 Å². The third-order valence-corrected chi connectivity index (χ3v) is 8.70. The van der Waals surface area contributed by atoms with Crippen molar-refractivity contribution in [3.05, 3.63) is 65.0 Å². The van der Waals surface area contributed by atoms with Crippen molar-refractivity contribution in [3.8, 4) is 5.75 Å². The molecule has 1 fully saturated rings. The zero-order valence-corrected chi connectivity index (χ0v) is 23.3. The zero-order valence-electron chi connectivity index (χ0n) is 21.7. The molecule has 4 aromatic rings. The summed E-state index contributed by atoms with van der Waals surface area (Å²) in [4.78, 5) is 12.5. The Morgan fingerprint density at radius 1 is 1.10 bits per heavy atom. The summed E-state index contributed by atoms with van der Waals surface area (Å²) in [6, 6.07) is 11.4. The molecule has 3 heterocycles. The summed E-state index contributed by atoms with van der Waals surface area (Å²) < 4.78 is 41.7. The van der Waals surface area contributed by atoms with Crippen LogP contribution in [-0.4, -0.2) is 55.9 Å². The topological polar surface area (TPSA) is 115 Å². The quantitative estimate of drug-likeness (QED) is 0.254. The average Bonchev–Trinajstić information content (AvgIpc) is 3.48. The summed E-state index contributed by atoms with van der Waals surface area (Å²) in [6.45, 7) is 3.20. The number of hydrogen-bond acceptors (Lipinski definition) is 10. The highest BCUT2D eigenvalue weighted by Crippen LogP contribution is 2.28. The van der Waals surface area contributed by atoms with Gasteiger partial charge in [0.2, 0.25) is 5.89 Å². The minimum Gasteiger partial charge on any atom is -0.485 e.